The number of aryl methyl sites for hydroxylation is 2. The number of nitrogens with zero attached hydrogens (tertiary/aromatic N) is 3. The van der Waals surface area contributed by atoms with Crippen LogP contribution in [-0.2, 0) is 76.1 Å². The molecule has 2 unspecified atom stereocenters. The lowest BCUT2D eigenvalue weighted by molar-refractivity contribution is -0.145. The number of rotatable bonds is 13. The number of nitrogens with one attached hydrogen (secondary N) is 2. The molecule has 2 N–H and O–H groups in total. The fourth-order valence-electron chi connectivity index (χ4n) is 10.2. The molecule has 0 spiro atoms. The topological polar surface area (TPSA) is 204 Å². The van der Waals surface area contributed by atoms with Crippen LogP contribution < -0.4 is 10.6 Å². The molecule has 0 bridgehead atoms. The van der Waals surface area contributed by atoms with Gasteiger partial charge in [-0.15, -0.1) is 0 Å². The van der Waals surface area contributed by atoms with Crippen LogP contribution in [0.1, 0.15) is 146 Å². The number of hydrogen-bond donors (Lipinski definition) is 2. The first-order chi connectivity index (χ1) is 32.8. The van der Waals surface area contributed by atoms with E-state index in [4.69, 9.17) is 0 Å². The minimum atomic E-state index is -0.656. The van der Waals surface area contributed by atoms with Crippen molar-refractivity contribution in [3.8, 4) is 0 Å². The third kappa shape index (κ3) is 11.0. The van der Waals surface area contributed by atoms with Gasteiger partial charge in [-0.25, -0.2) is 0 Å². The highest BCUT2D eigenvalue weighted by molar-refractivity contribution is 6.37. The summed E-state index contributed by atoms with van der Waals surface area (Å²) in [6.07, 6.45) is 6.45. The van der Waals surface area contributed by atoms with Crippen molar-refractivity contribution in [1.82, 2.24) is 25.3 Å². The number of Topliss-reactive ketones (excluding diaryl/α,β-unsaturated/α-hetero) is 3. The van der Waals surface area contributed by atoms with E-state index in [1.165, 1.54) is 28.2 Å². The zero-order chi connectivity index (χ0) is 49.4. The summed E-state index contributed by atoms with van der Waals surface area (Å²) in [4.78, 5) is 128. The number of amides is 7. The number of fused-ring (bicyclic) bond motifs is 2. The van der Waals surface area contributed by atoms with E-state index < -0.39 is 41.4 Å². The first-order valence-electron chi connectivity index (χ1n) is 24.3. The Morgan fingerprint density at radius 2 is 1.07 bits per heavy atom. The van der Waals surface area contributed by atoms with Gasteiger partial charge in [0.1, 0.15) is 12.1 Å². The molecule has 1 saturated carbocycles. The third-order valence-corrected chi connectivity index (χ3v) is 15.0. The standard InChI is InChI=1S/C28H28N2O5.C26H33N3O5/c1-28(12-13-28)20-6-2-18(3-7-20)15-24(32)23(31)10-5-17-4-8-21-19(14-17)16-30(27(21)35)22-9-11-25(33)29-26(22)34;1-26(2,3)18-10-12-28(13-11-18)25(34)21(30)8-5-16-4-6-19-17(14-16)15-29(24(19)33)20-7-9-22(31)27-23(20)32/h2-4,6-8,14,22H,5,9-13,15-16H2,1H3,(H,29,33,34);4,6,14,18,20H,5,7-13,15H2,1-3H3,(H,27,31,32). The zero-order valence-corrected chi connectivity index (χ0v) is 40.0. The predicted molar refractivity (Wildman–Crippen MR) is 252 cm³/mol. The SMILES string of the molecule is CC(C)(C)C1CCN(C(=O)C(=O)CCc2ccc3c(c2)CN(C2CCC(=O)NC2=O)C3=O)CC1.CC1(c2ccc(CC(=O)C(=O)CCc3ccc4c(c3)CN(C3CCC(=O)NC3=O)C4=O)cc2)CC1. The maximum atomic E-state index is 12.8. The minimum Gasteiger partial charge on any atom is -0.336 e. The van der Waals surface area contributed by atoms with Crippen molar-refractivity contribution in [2.75, 3.05) is 13.1 Å². The van der Waals surface area contributed by atoms with Gasteiger partial charge in [-0.05, 0) is 114 Å². The lowest BCUT2D eigenvalue weighted by Gasteiger charge is -2.38. The summed E-state index contributed by atoms with van der Waals surface area (Å²) in [7, 11) is 0. The number of piperidine rings is 3. The normalized spacial score (nSPS) is 21.0. The van der Waals surface area contributed by atoms with Gasteiger partial charge in [0.05, 0.1) is 0 Å². The van der Waals surface area contributed by atoms with Crippen LogP contribution in [0.5, 0.6) is 0 Å². The van der Waals surface area contributed by atoms with E-state index in [1.54, 1.807) is 29.2 Å². The Balaban J connectivity index is 0.000000186. The van der Waals surface area contributed by atoms with Gasteiger partial charge in [0, 0.05) is 69.4 Å². The van der Waals surface area contributed by atoms with E-state index in [0.29, 0.717) is 62.4 Å². The summed E-state index contributed by atoms with van der Waals surface area (Å²) in [6, 6.07) is 17.5. The van der Waals surface area contributed by atoms with Crippen LogP contribution >= 0.6 is 0 Å². The summed E-state index contributed by atoms with van der Waals surface area (Å²) in [6.45, 7) is 10.7. The van der Waals surface area contributed by atoms with Crippen LogP contribution in [0.4, 0.5) is 0 Å². The lowest BCUT2D eigenvalue weighted by atomic mass is 9.75. The highest BCUT2D eigenvalue weighted by atomic mass is 16.2. The van der Waals surface area contributed by atoms with Crippen LogP contribution in [0, 0.1) is 11.3 Å². The Bertz CT molecular complexity index is 2630. The predicted octanol–water partition coefficient (Wildman–Crippen LogP) is 5.05. The van der Waals surface area contributed by atoms with Gasteiger partial charge < -0.3 is 14.7 Å². The third-order valence-electron chi connectivity index (χ3n) is 15.0. The molecule has 362 valence electrons. The van der Waals surface area contributed by atoms with Crippen molar-refractivity contribution >= 4 is 58.7 Å². The average molecular weight is 940 g/mol. The Morgan fingerprint density at radius 1 is 0.609 bits per heavy atom. The quantitative estimate of drug-likeness (QED) is 0.173. The zero-order valence-electron chi connectivity index (χ0n) is 40.0. The molecular formula is C54H61N5O10. The smallest absolute Gasteiger partial charge is 0.289 e. The monoisotopic (exact) mass is 939 g/mol. The number of ketones is 3. The fraction of sp³-hybridized carbons (Fsp3) is 0.481. The van der Waals surface area contributed by atoms with Gasteiger partial charge in [-0.3, -0.25) is 58.6 Å². The number of benzene rings is 3. The minimum absolute atomic E-state index is 0.107. The number of likely N-dealkylation sites (tertiary alicyclic amines) is 1. The summed E-state index contributed by atoms with van der Waals surface area (Å²) in [5.74, 6) is -2.97. The van der Waals surface area contributed by atoms with Crippen LogP contribution in [0.3, 0.4) is 0 Å². The maximum Gasteiger partial charge on any atom is 0.289 e. The van der Waals surface area contributed by atoms with E-state index >= 15 is 0 Å². The molecule has 15 heteroatoms. The molecule has 1 aliphatic carbocycles. The molecule has 0 radical (unpaired) electrons. The van der Waals surface area contributed by atoms with Crippen LogP contribution in [0.2, 0.25) is 0 Å². The van der Waals surface area contributed by atoms with Crippen molar-refractivity contribution in [3.63, 3.8) is 0 Å². The molecule has 2 atom stereocenters. The second-order valence-electron chi connectivity index (χ2n) is 20.9. The van der Waals surface area contributed by atoms with Gasteiger partial charge in [-0.2, -0.15) is 0 Å². The number of carbonyl (C=O) groups excluding carboxylic acids is 10. The van der Waals surface area contributed by atoms with Crippen molar-refractivity contribution in [1.29, 1.82) is 0 Å². The Kier molecular flexibility index (Phi) is 14.0. The Labute approximate surface area is 402 Å². The second-order valence-corrected chi connectivity index (χ2v) is 20.9. The molecule has 3 aromatic rings. The Hall–Kier alpha value is -6.64. The van der Waals surface area contributed by atoms with Crippen LogP contribution in [-0.4, -0.2) is 98.6 Å². The molecule has 3 saturated heterocycles. The fourth-order valence-corrected chi connectivity index (χ4v) is 10.2. The molecule has 69 heavy (non-hydrogen) atoms. The van der Waals surface area contributed by atoms with Crippen molar-refractivity contribution in [3.05, 3.63) is 105 Å². The number of imide groups is 2. The molecule has 3 aromatic carbocycles. The van der Waals surface area contributed by atoms with E-state index in [9.17, 15) is 47.9 Å². The summed E-state index contributed by atoms with van der Waals surface area (Å²) in [5.41, 5.74) is 7.03. The highest BCUT2D eigenvalue weighted by Crippen LogP contribution is 2.47. The molecule has 5 heterocycles. The van der Waals surface area contributed by atoms with Crippen molar-refractivity contribution in [2.24, 2.45) is 11.3 Å². The van der Waals surface area contributed by atoms with Crippen molar-refractivity contribution < 1.29 is 47.9 Å². The van der Waals surface area contributed by atoms with Gasteiger partial charge in [0.15, 0.2) is 5.78 Å². The van der Waals surface area contributed by atoms with Crippen LogP contribution in [0.25, 0.3) is 0 Å². The number of hydrogen-bond acceptors (Lipinski definition) is 10. The molecule has 0 aromatic heterocycles. The first kappa shape index (κ1) is 48.8. The Morgan fingerprint density at radius 3 is 1.52 bits per heavy atom. The molecule has 5 aliphatic heterocycles. The molecule has 4 fully saturated rings. The van der Waals surface area contributed by atoms with Gasteiger partial charge in [0.2, 0.25) is 35.2 Å². The van der Waals surface area contributed by atoms with Gasteiger partial charge in [0.25, 0.3) is 17.7 Å². The van der Waals surface area contributed by atoms with E-state index in [0.717, 1.165) is 40.7 Å². The summed E-state index contributed by atoms with van der Waals surface area (Å²) >= 11 is 0. The summed E-state index contributed by atoms with van der Waals surface area (Å²) < 4.78 is 0. The largest absolute Gasteiger partial charge is 0.336 e. The van der Waals surface area contributed by atoms with E-state index in [-0.39, 0.29) is 78.9 Å². The highest BCUT2D eigenvalue weighted by Gasteiger charge is 2.41. The lowest BCUT2D eigenvalue weighted by Crippen LogP contribution is -2.52. The average Bonchev–Trinajstić information content (AvgIpc) is 3.88. The van der Waals surface area contributed by atoms with Crippen LogP contribution in [0.15, 0.2) is 60.7 Å². The van der Waals surface area contributed by atoms with E-state index in [1.807, 2.05) is 24.3 Å². The van der Waals surface area contributed by atoms with E-state index in [2.05, 4.69) is 50.5 Å². The van der Waals surface area contributed by atoms with Gasteiger partial charge in [-0.1, -0.05) is 76.2 Å². The molecule has 15 nitrogen and oxygen atoms in total. The molecule has 7 amide bonds. The first-order valence-corrected chi connectivity index (χ1v) is 24.3. The molecular weight excluding hydrogens is 879 g/mol. The second kappa shape index (κ2) is 19.8. The molecule has 6 aliphatic rings. The maximum absolute atomic E-state index is 12.8. The summed E-state index contributed by atoms with van der Waals surface area (Å²) in [5, 5.41) is 4.60. The molecule has 9 rings (SSSR count). The van der Waals surface area contributed by atoms with Crippen molar-refractivity contribution in [2.45, 2.75) is 142 Å². The van der Waals surface area contributed by atoms with Gasteiger partial charge >= 0.3 is 0 Å². The number of carbonyl (C=O) groups is 10.